The summed E-state index contributed by atoms with van der Waals surface area (Å²) in [5, 5.41) is 15.0. The molecule has 2 aromatic carbocycles. The van der Waals surface area contributed by atoms with Gasteiger partial charge >= 0.3 is 12.1 Å². The molecule has 2 amide bonds. The highest BCUT2D eigenvalue weighted by atomic mass is 16.5. The third-order valence-electron chi connectivity index (χ3n) is 7.34. The maximum Gasteiger partial charge on any atom is 0.407 e. The number of fused-ring (bicyclic) bond motifs is 3. The summed E-state index contributed by atoms with van der Waals surface area (Å²) in [5.41, 5.74) is 3.83. The van der Waals surface area contributed by atoms with E-state index >= 15 is 0 Å². The minimum absolute atomic E-state index is 0.00749. The van der Waals surface area contributed by atoms with Crippen LogP contribution in [0.3, 0.4) is 0 Å². The molecule has 0 bridgehead atoms. The number of benzene rings is 2. The average Bonchev–Trinajstić information content (AvgIpc) is 3.16. The molecule has 0 saturated heterocycles. The zero-order chi connectivity index (χ0) is 25.0. The number of alkyl carbamates (subject to hydrolysis) is 1. The van der Waals surface area contributed by atoms with Gasteiger partial charge in [0.05, 0.1) is 5.41 Å². The monoisotopic (exact) mass is 478 g/mol. The number of carboxylic acid groups (broad SMARTS) is 1. The van der Waals surface area contributed by atoms with Gasteiger partial charge < -0.3 is 20.5 Å². The Labute approximate surface area is 206 Å². The van der Waals surface area contributed by atoms with Crippen molar-refractivity contribution >= 4 is 18.0 Å². The lowest BCUT2D eigenvalue weighted by Gasteiger charge is -2.29. The normalized spacial score (nSPS) is 19.4. The molecule has 0 spiro atoms. The summed E-state index contributed by atoms with van der Waals surface area (Å²) in [6, 6.07) is 16.3. The summed E-state index contributed by atoms with van der Waals surface area (Å²) in [7, 11) is 0. The molecular weight excluding hydrogens is 444 g/mol. The van der Waals surface area contributed by atoms with E-state index in [1.165, 1.54) is 22.3 Å². The zero-order valence-corrected chi connectivity index (χ0v) is 20.4. The molecule has 1 saturated carbocycles. The standard InChI is InChI=1S/C28H34N2O5/c1-28(2,26(32)33)14-15-29-25(31)18-8-7-9-19(16-18)30-27(34)35-17-24-22-12-5-3-10-20(22)21-11-4-6-13-23(21)24/h3-6,10-13,18-19,24H,7-9,14-17H2,1-2H3,(H,29,31)(H,30,34)(H,32,33)/t18-,19-/m1/s1. The van der Waals surface area contributed by atoms with Crippen molar-refractivity contribution in [3.05, 3.63) is 59.7 Å². The Bertz CT molecular complexity index is 1050. The number of nitrogens with one attached hydrogen (secondary N) is 2. The van der Waals surface area contributed by atoms with Crippen molar-refractivity contribution in [3.63, 3.8) is 0 Å². The Balaban J connectivity index is 1.27. The second-order valence-electron chi connectivity index (χ2n) is 10.3. The number of aliphatic carboxylic acids is 1. The second-order valence-corrected chi connectivity index (χ2v) is 10.3. The van der Waals surface area contributed by atoms with Gasteiger partial charge in [-0.1, -0.05) is 55.0 Å². The maximum atomic E-state index is 12.6. The van der Waals surface area contributed by atoms with Crippen LogP contribution >= 0.6 is 0 Å². The first-order valence-corrected chi connectivity index (χ1v) is 12.4. The van der Waals surface area contributed by atoms with Crippen molar-refractivity contribution in [2.24, 2.45) is 11.3 Å². The molecule has 3 N–H and O–H groups in total. The summed E-state index contributed by atoms with van der Waals surface area (Å²) in [4.78, 5) is 36.5. The van der Waals surface area contributed by atoms with Crippen molar-refractivity contribution in [2.75, 3.05) is 13.2 Å². The number of amides is 2. The van der Waals surface area contributed by atoms with E-state index < -0.39 is 17.5 Å². The molecule has 2 aliphatic rings. The van der Waals surface area contributed by atoms with Gasteiger partial charge in [0.15, 0.2) is 0 Å². The molecule has 0 unspecified atom stereocenters. The van der Waals surface area contributed by atoms with Gasteiger partial charge in [-0.05, 0) is 61.8 Å². The summed E-state index contributed by atoms with van der Waals surface area (Å²) in [6.45, 7) is 3.88. The molecule has 4 rings (SSSR count). The van der Waals surface area contributed by atoms with Crippen molar-refractivity contribution in [3.8, 4) is 11.1 Å². The topological polar surface area (TPSA) is 105 Å². The fourth-order valence-electron chi connectivity index (χ4n) is 5.12. The lowest BCUT2D eigenvalue weighted by atomic mass is 9.85. The van der Waals surface area contributed by atoms with Crippen LogP contribution in [0.4, 0.5) is 4.79 Å². The molecule has 0 radical (unpaired) electrons. The SMILES string of the molecule is CC(C)(CCNC(=O)[C@@H]1CCC[C@@H](NC(=O)OCC2c3ccccc3-c3ccccc32)C1)C(=O)O. The average molecular weight is 479 g/mol. The van der Waals surface area contributed by atoms with Crippen LogP contribution in [0.15, 0.2) is 48.5 Å². The predicted octanol–water partition coefficient (Wildman–Crippen LogP) is 4.70. The quantitative estimate of drug-likeness (QED) is 0.510. The molecule has 35 heavy (non-hydrogen) atoms. The third kappa shape index (κ3) is 5.66. The molecule has 0 aromatic heterocycles. The fraction of sp³-hybridized carbons (Fsp3) is 0.464. The van der Waals surface area contributed by atoms with Gasteiger partial charge in [0.1, 0.15) is 6.61 Å². The van der Waals surface area contributed by atoms with Crippen molar-refractivity contribution in [2.45, 2.75) is 57.9 Å². The van der Waals surface area contributed by atoms with E-state index in [1.54, 1.807) is 13.8 Å². The Morgan fingerprint density at radius 2 is 1.63 bits per heavy atom. The minimum Gasteiger partial charge on any atom is -0.481 e. The Morgan fingerprint density at radius 1 is 1.00 bits per heavy atom. The number of carbonyl (C=O) groups is 3. The zero-order valence-electron chi connectivity index (χ0n) is 20.4. The number of carboxylic acids is 1. The summed E-state index contributed by atoms with van der Waals surface area (Å²) in [5.74, 6) is -1.15. The molecule has 7 nitrogen and oxygen atoms in total. The highest BCUT2D eigenvalue weighted by Crippen LogP contribution is 2.44. The lowest BCUT2D eigenvalue weighted by molar-refractivity contribution is -0.147. The minimum atomic E-state index is -0.881. The van der Waals surface area contributed by atoms with Gasteiger partial charge in [-0.15, -0.1) is 0 Å². The molecule has 1 fully saturated rings. The second kappa shape index (κ2) is 10.5. The van der Waals surface area contributed by atoms with Gasteiger partial charge in [0.25, 0.3) is 0 Å². The van der Waals surface area contributed by atoms with Gasteiger partial charge in [0, 0.05) is 24.4 Å². The van der Waals surface area contributed by atoms with Gasteiger partial charge in [-0.2, -0.15) is 0 Å². The Kier molecular flexibility index (Phi) is 7.43. The number of ether oxygens (including phenoxy) is 1. The van der Waals surface area contributed by atoms with Gasteiger partial charge in [0.2, 0.25) is 5.91 Å². The van der Waals surface area contributed by atoms with Crippen molar-refractivity contribution in [1.82, 2.24) is 10.6 Å². The molecule has 2 aromatic rings. The van der Waals surface area contributed by atoms with E-state index in [4.69, 9.17) is 4.74 Å². The van der Waals surface area contributed by atoms with Crippen LogP contribution in [0.1, 0.15) is 63.0 Å². The van der Waals surface area contributed by atoms with Gasteiger partial charge in [-0.3, -0.25) is 9.59 Å². The van der Waals surface area contributed by atoms with Crippen LogP contribution in [-0.2, 0) is 14.3 Å². The van der Waals surface area contributed by atoms with E-state index in [0.29, 0.717) is 19.4 Å². The smallest absolute Gasteiger partial charge is 0.407 e. The molecule has 0 heterocycles. The molecule has 0 aliphatic heterocycles. The predicted molar refractivity (Wildman–Crippen MR) is 133 cm³/mol. The maximum absolute atomic E-state index is 12.6. The molecule has 2 atom stereocenters. The van der Waals surface area contributed by atoms with Crippen LogP contribution in [-0.4, -0.2) is 42.3 Å². The third-order valence-corrected chi connectivity index (χ3v) is 7.34. The lowest BCUT2D eigenvalue weighted by Crippen LogP contribution is -2.43. The number of carbonyl (C=O) groups excluding carboxylic acids is 2. The van der Waals surface area contributed by atoms with E-state index in [2.05, 4.69) is 34.9 Å². The summed E-state index contributed by atoms with van der Waals surface area (Å²) in [6.07, 6.45) is 2.87. The molecule has 7 heteroatoms. The van der Waals surface area contributed by atoms with E-state index in [-0.39, 0.29) is 30.4 Å². The van der Waals surface area contributed by atoms with Crippen LogP contribution in [0.25, 0.3) is 11.1 Å². The number of hydrogen-bond donors (Lipinski definition) is 3. The van der Waals surface area contributed by atoms with Crippen molar-refractivity contribution < 1.29 is 24.2 Å². The summed E-state index contributed by atoms with van der Waals surface area (Å²) >= 11 is 0. The number of rotatable bonds is 8. The Morgan fingerprint density at radius 3 is 2.26 bits per heavy atom. The fourth-order valence-corrected chi connectivity index (χ4v) is 5.12. The molecular formula is C28H34N2O5. The largest absolute Gasteiger partial charge is 0.481 e. The highest BCUT2D eigenvalue weighted by Gasteiger charge is 2.32. The first kappa shape index (κ1) is 24.8. The van der Waals surface area contributed by atoms with Crippen LogP contribution in [0.2, 0.25) is 0 Å². The molecule has 2 aliphatic carbocycles. The van der Waals surface area contributed by atoms with Gasteiger partial charge in [-0.25, -0.2) is 4.79 Å². The first-order chi connectivity index (χ1) is 16.8. The number of hydrogen-bond acceptors (Lipinski definition) is 4. The van der Waals surface area contributed by atoms with Crippen molar-refractivity contribution in [1.29, 1.82) is 0 Å². The Hall–Kier alpha value is -3.35. The van der Waals surface area contributed by atoms with E-state index in [0.717, 1.165) is 19.3 Å². The van der Waals surface area contributed by atoms with E-state index in [9.17, 15) is 19.5 Å². The van der Waals surface area contributed by atoms with Crippen LogP contribution in [0, 0.1) is 11.3 Å². The summed E-state index contributed by atoms with van der Waals surface area (Å²) < 4.78 is 5.66. The van der Waals surface area contributed by atoms with Crippen LogP contribution in [0.5, 0.6) is 0 Å². The highest BCUT2D eigenvalue weighted by molar-refractivity contribution is 5.80. The van der Waals surface area contributed by atoms with Crippen LogP contribution < -0.4 is 10.6 Å². The van der Waals surface area contributed by atoms with E-state index in [1.807, 2.05) is 24.3 Å². The first-order valence-electron chi connectivity index (χ1n) is 12.4. The molecule has 186 valence electrons.